The average molecular weight is 508 g/mol. The zero-order chi connectivity index (χ0) is 19.9. The third-order valence-electron chi connectivity index (χ3n) is 4.39. The van der Waals surface area contributed by atoms with E-state index in [9.17, 15) is 4.79 Å². The van der Waals surface area contributed by atoms with Crippen LogP contribution in [0.2, 0.25) is 0 Å². The van der Waals surface area contributed by atoms with Crippen LogP contribution in [0, 0.1) is 12.3 Å². The van der Waals surface area contributed by atoms with E-state index >= 15 is 0 Å². The number of aliphatic imine (C=N–C) groups is 1. The fraction of sp³-hybridized carbons (Fsp3) is 0.350. The number of terminal acetylenes is 1. The second-order valence-corrected chi connectivity index (χ2v) is 6.43. The zero-order valence-corrected chi connectivity index (χ0v) is 18.8. The van der Waals surface area contributed by atoms with E-state index in [-0.39, 0.29) is 42.5 Å². The van der Waals surface area contributed by atoms with Crippen LogP contribution >= 0.6 is 24.0 Å². The van der Waals surface area contributed by atoms with Gasteiger partial charge in [0, 0.05) is 43.7 Å². The number of benzene rings is 1. The monoisotopic (exact) mass is 508 g/mol. The van der Waals surface area contributed by atoms with Crippen molar-refractivity contribution < 1.29 is 9.53 Å². The first kappa shape index (κ1) is 22.7. The van der Waals surface area contributed by atoms with Crippen molar-refractivity contribution in [2.45, 2.75) is 6.10 Å². The van der Waals surface area contributed by atoms with Crippen LogP contribution in [0.25, 0.3) is 0 Å². The Morgan fingerprint density at radius 2 is 2.31 bits per heavy atom. The zero-order valence-electron chi connectivity index (χ0n) is 16.5. The number of carbonyl (C=O) groups excluding carboxylic acids is 1. The number of hydrogen-bond donors (Lipinski definition) is 2. The lowest BCUT2D eigenvalue weighted by atomic mass is 10.1. The number of hydrogen-bond acceptors (Lipinski definition) is 4. The van der Waals surface area contributed by atoms with Crippen molar-refractivity contribution in [3.63, 3.8) is 0 Å². The fourth-order valence-corrected chi connectivity index (χ4v) is 3.03. The van der Waals surface area contributed by atoms with Crippen molar-refractivity contribution >= 4 is 41.5 Å². The number of ether oxygens (including phenoxy) is 1. The molecule has 0 spiro atoms. The number of aromatic nitrogens is 2. The molecule has 154 valence electrons. The van der Waals surface area contributed by atoms with Gasteiger partial charge in [0.2, 0.25) is 5.91 Å². The molecule has 1 saturated heterocycles. The van der Waals surface area contributed by atoms with Gasteiger partial charge in [0.15, 0.2) is 5.96 Å². The molecule has 3 rings (SSSR count). The highest BCUT2D eigenvalue weighted by molar-refractivity contribution is 14.0. The topological polar surface area (TPSA) is 83.8 Å². The van der Waals surface area contributed by atoms with Crippen molar-refractivity contribution in [3.05, 3.63) is 47.8 Å². The molecule has 1 aliphatic rings. The van der Waals surface area contributed by atoms with Crippen molar-refractivity contribution in [1.29, 1.82) is 0 Å². The van der Waals surface area contributed by atoms with E-state index in [1.54, 1.807) is 23.9 Å². The van der Waals surface area contributed by atoms with Crippen LogP contribution in [0.5, 0.6) is 0 Å². The minimum Gasteiger partial charge on any atom is -0.370 e. The Kier molecular flexibility index (Phi) is 8.48. The molecule has 9 heteroatoms. The van der Waals surface area contributed by atoms with Gasteiger partial charge in [-0.3, -0.25) is 14.5 Å². The molecule has 2 aromatic rings. The third kappa shape index (κ3) is 6.20. The molecule has 0 saturated carbocycles. The molecular weight excluding hydrogens is 483 g/mol. The van der Waals surface area contributed by atoms with Crippen LogP contribution in [-0.2, 0) is 16.6 Å². The van der Waals surface area contributed by atoms with Crippen LogP contribution in [0.3, 0.4) is 0 Å². The van der Waals surface area contributed by atoms with Gasteiger partial charge in [-0.15, -0.1) is 30.4 Å². The van der Waals surface area contributed by atoms with Gasteiger partial charge in [-0.05, 0) is 18.2 Å². The van der Waals surface area contributed by atoms with Gasteiger partial charge in [-0.25, -0.2) is 0 Å². The van der Waals surface area contributed by atoms with Crippen molar-refractivity contribution in [1.82, 2.24) is 20.0 Å². The van der Waals surface area contributed by atoms with Gasteiger partial charge >= 0.3 is 0 Å². The van der Waals surface area contributed by atoms with Gasteiger partial charge in [-0.1, -0.05) is 12.0 Å². The Morgan fingerprint density at radius 3 is 3.00 bits per heavy atom. The van der Waals surface area contributed by atoms with E-state index < -0.39 is 0 Å². The number of anilines is 1. The maximum atomic E-state index is 12.3. The molecule has 1 aromatic carbocycles. The second-order valence-electron chi connectivity index (χ2n) is 6.43. The molecule has 1 fully saturated rings. The Balaban J connectivity index is 0.00000300. The summed E-state index contributed by atoms with van der Waals surface area (Å²) >= 11 is 0. The number of amides is 1. The number of nitrogens with zero attached hydrogens (tertiary/aromatic N) is 4. The SMILES string of the molecule is C#Cc1cccc(NC(=O)CNC(=NC)N2CCOC(c3cnn(C)c3)C2)c1.I. The normalized spacial score (nSPS) is 16.5. The molecule has 29 heavy (non-hydrogen) atoms. The van der Waals surface area contributed by atoms with E-state index in [1.807, 2.05) is 31.6 Å². The predicted molar refractivity (Wildman–Crippen MR) is 123 cm³/mol. The van der Waals surface area contributed by atoms with Gasteiger partial charge in [0.1, 0.15) is 6.10 Å². The Bertz CT molecular complexity index is 904. The average Bonchev–Trinajstić information content (AvgIpc) is 3.15. The molecule has 2 heterocycles. The first-order valence-electron chi connectivity index (χ1n) is 9.01. The standard InChI is InChI=1S/C20H24N6O2.HI/c1-4-15-6-5-7-17(10-15)24-19(27)12-22-20(21-2)26-8-9-28-18(14-26)16-11-23-25(3)13-16;/h1,5-7,10-11,13,18H,8-9,12,14H2,2-3H3,(H,21,22)(H,24,27);1H. The Morgan fingerprint density at radius 1 is 1.48 bits per heavy atom. The summed E-state index contributed by atoms with van der Waals surface area (Å²) in [6.45, 7) is 2.01. The Hall–Kier alpha value is -2.58. The summed E-state index contributed by atoms with van der Waals surface area (Å²) in [5.41, 5.74) is 2.41. The lowest BCUT2D eigenvalue weighted by Crippen LogP contribution is -2.49. The first-order valence-corrected chi connectivity index (χ1v) is 9.01. The van der Waals surface area contributed by atoms with E-state index in [4.69, 9.17) is 11.2 Å². The number of rotatable bonds is 4. The third-order valence-corrected chi connectivity index (χ3v) is 4.39. The molecule has 0 aliphatic carbocycles. The van der Waals surface area contributed by atoms with Gasteiger partial charge in [-0.2, -0.15) is 5.10 Å². The summed E-state index contributed by atoms with van der Waals surface area (Å²) in [7, 11) is 3.58. The molecule has 1 amide bonds. The minimum absolute atomic E-state index is 0. The smallest absolute Gasteiger partial charge is 0.243 e. The maximum absolute atomic E-state index is 12.3. The van der Waals surface area contributed by atoms with Gasteiger partial charge in [0.05, 0.1) is 25.9 Å². The molecule has 1 atom stereocenters. The maximum Gasteiger partial charge on any atom is 0.243 e. The number of nitrogens with one attached hydrogen (secondary N) is 2. The fourth-order valence-electron chi connectivity index (χ4n) is 3.03. The first-order chi connectivity index (χ1) is 13.6. The molecule has 8 nitrogen and oxygen atoms in total. The van der Waals surface area contributed by atoms with Crippen LogP contribution in [-0.4, -0.2) is 59.8 Å². The van der Waals surface area contributed by atoms with E-state index in [0.717, 1.165) is 11.1 Å². The lowest BCUT2D eigenvalue weighted by molar-refractivity contribution is -0.115. The number of morpholine rings is 1. The van der Waals surface area contributed by atoms with Gasteiger partial charge < -0.3 is 20.3 Å². The van der Waals surface area contributed by atoms with Crippen LogP contribution < -0.4 is 10.6 Å². The lowest BCUT2D eigenvalue weighted by Gasteiger charge is -2.34. The van der Waals surface area contributed by atoms with Crippen LogP contribution in [0.4, 0.5) is 5.69 Å². The number of carbonyl (C=O) groups is 1. The molecule has 0 radical (unpaired) electrons. The number of guanidine groups is 1. The molecule has 1 unspecified atom stereocenters. The summed E-state index contributed by atoms with van der Waals surface area (Å²) in [6.07, 6.45) is 9.06. The summed E-state index contributed by atoms with van der Waals surface area (Å²) in [5, 5.41) is 10.1. The highest BCUT2D eigenvalue weighted by Crippen LogP contribution is 2.21. The van der Waals surface area contributed by atoms with Crippen molar-refractivity contribution in [3.8, 4) is 12.3 Å². The molecular formula is C20H25IN6O2. The summed E-state index contributed by atoms with van der Waals surface area (Å²) in [4.78, 5) is 18.6. The summed E-state index contributed by atoms with van der Waals surface area (Å²) in [5.74, 6) is 3.03. The molecule has 1 aliphatic heterocycles. The van der Waals surface area contributed by atoms with Crippen LogP contribution in [0.15, 0.2) is 41.7 Å². The van der Waals surface area contributed by atoms with Crippen LogP contribution in [0.1, 0.15) is 17.2 Å². The van der Waals surface area contributed by atoms with E-state index in [2.05, 4.69) is 31.5 Å². The largest absolute Gasteiger partial charge is 0.370 e. The van der Waals surface area contributed by atoms with Crippen molar-refractivity contribution in [2.24, 2.45) is 12.0 Å². The molecule has 1 aromatic heterocycles. The van der Waals surface area contributed by atoms with E-state index in [0.29, 0.717) is 31.3 Å². The molecule has 2 N–H and O–H groups in total. The Labute approximate surface area is 187 Å². The highest BCUT2D eigenvalue weighted by Gasteiger charge is 2.25. The van der Waals surface area contributed by atoms with E-state index in [1.165, 1.54) is 0 Å². The predicted octanol–water partition coefficient (Wildman–Crippen LogP) is 1.61. The summed E-state index contributed by atoms with van der Waals surface area (Å²) in [6, 6.07) is 7.18. The van der Waals surface area contributed by atoms with Gasteiger partial charge in [0.25, 0.3) is 0 Å². The number of aryl methyl sites for hydroxylation is 1. The summed E-state index contributed by atoms with van der Waals surface area (Å²) < 4.78 is 7.61. The minimum atomic E-state index is -0.174. The quantitative estimate of drug-likeness (QED) is 0.284. The van der Waals surface area contributed by atoms with Crippen molar-refractivity contribution in [2.75, 3.05) is 38.6 Å². The highest BCUT2D eigenvalue weighted by atomic mass is 127. The number of halogens is 1. The second kappa shape index (κ2) is 10.8. The molecule has 0 bridgehead atoms.